The van der Waals surface area contributed by atoms with Crippen LogP contribution in [-0.4, -0.2) is 24.2 Å². The van der Waals surface area contributed by atoms with Crippen LogP contribution in [-0.2, 0) is 20.9 Å². The molecule has 1 aromatic carbocycles. The van der Waals surface area contributed by atoms with Crippen LogP contribution >= 0.6 is 0 Å². The van der Waals surface area contributed by atoms with E-state index in [1.807, 2.05) is 36.4 Å². The molecule has 1 aliphatic carbocycles. The van der Waals surface area contributed by atoms with Crippen molar-refractivity contribution in [2.45, 2.75) is 51.7 Å². The van der Waals surface area contributed by atoms with Crippen molar-refractivity contribution < 1.29 is 19.1 Å². The number of carbonyl (C=O) groups excluding carboxylic acids is 2. The molecule has 0 spiro atoms. The second-order valence-corrected chi connectivity index (χ2v) is 7.11. The SMILES string of the molecule is C=CC[C@@]1(NC(=O)OCc2ccccc2)CCC[C@@H]1[C@@H](C)COC(C)=O. The van der Waals surface area contributed by atoms with E-state index in [0.29, 0.717) is 13.0 Å². The molecule has 2 rings (SSSR count). The summed E-state index contributed by atoms with van der Waals surface area (Å²) in [6, 6.07) is 9.61. The molecule has 142 valence electrons. The van der Waals surface area contributed by atoms with Crippen molar-refractivity contribution in [1.29, 1.82) is 0 Å². The highest BCUT2D eigenvalue weighted by Gasteiger charge is 2.46. The number of rotatable bonds is 8. The quantitative estimate of drug-likeness (QED) is 0.557. The van der Waals surface area contributed by atoms with Crippen LogP contribution in [0.1, 0.15) is 45.1 Å². The molecule has 3 atom stereocenters. The molecule has 0 radical (unpaired) electrons. The molecule has 1 fully saturated rings. The second kappa shape index (κ2) is 9.41. The van der Waals surface area contributed by atoms with E-state index in [4.69, 9.17) is 9.47 Å². The number of carbonyl (C=O) groups is 2. The lowest BCUT2D eigenvalue weighted by Gasteiger charge is -2.38. The predicted octanol–water partition coefficient (Wildman–Crippen LogP) is 4.23. The third-order valence-corrected chi connectivity index (χ3v) is 5.16. The Bertz CT molecular complexity index is 616. The van der Waals surface area contributed by atoms with Gasteiger partial charge in [0, 0.05) is 12.5 Å². The Morgan fingerprint density at radius 3 is 2.73 bits per heavy atom. The molecule has 0 unspecified atom stereocenters. The molecule has 1 aromatic rings. The Hall–Kier alpha value is -2.30. The Morgan fingerprint density at radius 2 is 2.08 bits per heavy atom. The van der Waals surface area contributed by atoms with Gasteiger partial charge in [0.05, 0.1) is 6.61 Å². The highest BCUT2D eigenvalue weighted by molar-refractivity contribution is 5.68. The van der Waals surface area contributed by atoms with E-state index in [0.717, 1.165) is 24.8 Å². The van der Waals surface area contributed by atoms with Crippen molar-refractivity contribution in [3.8, 4) is 0 Å². The average Bonchev–Trinajstić information content (AvgIpc) is 3.02. The van der Waals surface area contributed by atoms with Gasteiger partial charge in [-0.2, -0.15) is 0 Å². The first-order valence-corrected chi connectivity index (χ1v) is 9.20. The van der Waals surface area contributed by atoms with Gasteiger partial charge in [-0.3, -0.25) is 4.79 Å². The summed E-state index contributed by atoms with van der Waals surface area (Å²) in [5, 5.41) is 3.11. The van der Waals surface area contributed by atoms with Gasteiger partial charge < -0.3 is 14.8 Å². The van der Waals surface area contributed by atoms with Gasteiger partial charge in [0.15, 0.2) is 0 Å². The minimum Gasteiger partial charge on any atom is -0.466 e. The maximum Gasteiger partial charge on any atom is 0.407 e. The summed E-state index contributed by atoms with van der Waals surface area (Å²) in [6.45, 7) is 7.94. The summed E-state index contributed by atoms with van der Waals surface area (Å²) in [6.07, 6.45) is 4.96. The third kappa shape index (κ3) is 5.35. The molecule has 5 nitrogen and oxygen atoms in total. The molecule has 0 saturated heterocycles. The van der Waals surface area contributed by atoms with Gasteiger partial charge >= 0.3 is 12.1 Å². The van der Waals surface area contributed by atoms with Crippen LogP contribution in [0.25, 0.3) is 0 Å². The number of benzene rings is 1. The summed E-state index contributed by atoms with van der Waals surface area (Å²) in [4.78, 5) is 23.6. The number of hydrogen-bond donors (Lipinski definition) is 1. The number of amides is 1. The summed E-state index contributed by atoms with van der Waals surface area (Å²) in [5.41, 5.74) is 0.557. The second-order valence-electron chi connectivity index (χ2n) is 7.11. The number of nitrogens with one attached hydrogen (secondary N) is 1. The largest absolute Gasteiger partial charge is 0.466 e. The lowest BCUT2D eigenvalue weighted by molar-refractivity contribution is -0.143. The van der Waals surface area contributed by atoms with E-state index in [-0.39, 0.29) is 24.4 Å². The van der Waals surface area contributed by atoms with Gasteiger partial charge in [-0.05, 0) is 36.7 Å². The Labute approximate surface area is 155 Å². The fourth-order valence-electron chi connectivity index (χ4n) is 3.97. The Morgan fingerprint density at radius 1 is 1.35 bits per heavy atom. The fraction of sp³-hybridized carbons (Fsp3) is 0.524. The lowest BCUT2D eigenvalue weighted by atomic mass is 9.77. The number of esters is 1. The Kier molecular flexibility index (Phi) is 7.25. The summed E-state index contributed by atoms with van der Waals surface area (Å²) in [7, 11) is 0. The van der Waals surface area contributed by atoms with Crippen molar-refractivity contribution in [2.75, 3.05) is 6.61 Å². The van der Waals surface area contributed by atoms with Crippen molar-refractivity contribution >= 4 is 12.1 Å². The molecule has 5 heteroatoms. The van der Waals surface area contributed by atoms with Gasteiger partial charge in [0.25, 0.3) is 0 Å². The van der Waals surface area contributed by atoms with Gasteiger partial charge in [0.1, 0.15) is 6.61 Å². The first-order valence-electron chi connectivity index (χ1n) is 9.20. The van der Waals surface area contributed by atoms with Crippen molar-refractivity contribution in [1.82, 2.24) is 5.32 Å². The van der Waals surface area contributed by atoms with E-state index in [9.17, 15) is 9.59 Å². The van der Waals surface area contributed by atoms with E-state index < -0.39 is 11.6 Å². The highest BCUT2D eigenvalue weighted by atomic mass is 16.5. The van der Waals surface area contributed by atoms with Gasteiger partial charge in [0.2, 0.25) is 0 Å². The zero-order valence-electron chi connectivity index (χ0n) is 15.7. The smallest absolute Gasteiger partial charge is 0.407 e. The normalized spacial score (nSPS) is 23.1. The van der Waals surface area contributed by atoms with Crippen LogP contribution in [0.2, 0.25) is 0 Å². The molecular formula is C21H29NO4. The van der Waals surface area contributed by atoms with Crippen LogP contribution in [0, 0.1) is 11.8 Å². The summed E-state index contributed by atoms with van der Waals surface area (Å²) >= 11 is 0. The predicted molar refractivity (Wildman–Crippen MR) is 100 cm³/mol. The van der Waals surface area contributed by atoms with Crippen molar-refractivity contribution in [3.05, 3.63) is 48.6 Å². The zero-order chi connectivity index (χ0) is 19.0. The number of ether oxygens (including phenoxy) is 2. The lowest BCUT2D eigenvalue weighted by Crippen LogP contribution is -2.53. The maximum atomic E-state index is 12.4. The van der Waals surface area contributed by atoms with E-state index in [1.54, 1.807) is 0 Å². The first kappa shape index (κ1) is 20.0. The van der Waals surface area contributed by atoms with Gasteiger partial charge in [-0.15, -0.1) is 6.58 Å². The van der Waals surface area contributed by atoms with E-state index in [2.05, 4.69) is 18.8 Å². The minimum absolute atomic E-state index is 0.149. The fourth-order valence-corrected chi connectivity index (χ4v) is 3.97. The topological polar surface area (TPSA) is 64.6 Å². The molecule has 0 heterocycles. The van der Waals surface area contributed by atoms with E-state index in [1.165, 1.54) is 6.92 Å². The molecule has 1 amide bonds. The maximum absolute atomic E-state index is 12.4. The summed E-state index contributed by atoms with van der Waals surface area (Å²) in [5.74, 6) is 0.0827. The number of alkyl carbamates (subject to hydrolysis) is 1. The zero-order valence-corrected chi connectivity index (χ0v) is 15.7. The molecule has 1 saturated carbocycles. The van der Waals surface area contributed by atoms with Gasteiger partial charge in [-0.25, -0.2) is 4.79 Å². The van der Waals surface area contributed by atoms with Crippen molar-refractivity contribution in [2.24, 2.45) is 11.8 Å². The third-order valence-electron chi connectivity index (χ3n) is 5.16. The molecule has 0 bridgehead atoms. The molecule has 0 aliphatic heterocycles. The minimum atomic E-state index is -0.415. The molecule has 0 aromatic heterocycles. The van der Waals surface area contributed by atoms with E-state index >= 15 is 0 Å². The molecule has 26 heavy (non-hydrogen) atoms. The standard InChI is InChI=1S/C21H29NO4/c1-4-12-21(13-8-11-19(21)16(2)14-25-17(3)23)22-20(24)26-15-18-9-6-5-7-10-18/h4-7,9-10,16,19H,1,8,11-15H2,2-3H3,(H,22,24)/t16-,19+,21+/m0/s1. The van der Waals surface area contributed by atoms with Crippen LogP contribution in [0.5, 0.6) is 0 Å². The van der Waals surface area contributed by atoms with Gasteiger partial charge in [-0.1, -0.05) is 49.8 Å². The summed E-state index contributed by atoms with van der Waals surface area (Å²) < 4.78 is 10.6. The van der Waals surface area contributed by atoms with Crippen LogP contribution in [0.4, 0.5) is 4.79 Å². The van der Waals surface area contributed by atoms with Crippen LogP contribution in [0.15, 0.2) is 43.0 Å². The molecule has 1 aliphatic rings. The van der Waals surface area contributed by atoms with Crippen LogP contribution in [0.3, 0.4) is 0 Å². The number of hydrogen-bond acceptors (Lipinski definition) is 4. The molecule has 1 N–H and O–H groups in total. The monoisotopic (exact) mass is 359 g/mol. The van der Waals surface area contributed by atoms with Crippen LogP contribution < -0.4 is 5.32 Å². The molecular weight excluding hydrogens is 330 g/mol. The Balaban J connectivity index is 2.00. The average molecular weight is 359 g/mol. The van der Waals surface area contributed by atoms with Crippen molar-refractivity contribution in [3.63, 3.8) is 0 Å². The highest BCUT2D eigenvalue weighted by Crippen LogP contribution is 2.43. The first-order chi connectivity index (χ1) is 12.5.